The molecule has 1 fully saturated rings. The molecule has 3 aromatic rings. The zero-order valence-corrected chi connectivity index (χ0v) is 22.8. The van der Waals surface area contributed by atoms with E-state index < -0.39 is 23.4 Å². The van der Waals surface area contributed by atoms with Crippen LogP contribution < -0.4 is 9.47 Å². The first-order valence-corrected chi connectivity index (χ1v) is 14.1. The van der Waals surface area contributed by atoms with Crippen LogP contribution in [0.5, 0.6) is 11.5 Å². The van der Waals surface area contributed by atoms with Gasteiger partial charge in [0.2, 0.25) is 0 Å². The number of halogens is 3. The number of benzene rings is 3. The summed E-state index contributed by atoms with van der Waals surface area (Å²) in [7, 11) is 0. The van der Waals surface area contributed by atoms with E-state index >= 15 is 4.39 Å². The van der Waals surface area contributed by atoms with E-state index in [4.69, 9.17) is 9.47 Å². The summed E-state index contributed by atoms with van der Waals surface area (Å²) < 4.78 is 55.3. The molecule has 6 heteroatoms. The molecule has 0 heterocycles. The van der Waals surface area contributed by atoms with Gasteiger partial charge in [0.1, 0.15) is 5.75 Å². The molecule has 0 N–H and O–H groups in total. The van der Waals surface area contributed by atoms with Gasteiger partial charge in [-0.3, -0.25) is 0 Å². The van der Waals surface area contributed by atoms with Crippen LogP contribution in [0.25, 0.3) is 11.1 Å². The van der Waals surface area contributed by atoms with Gasteiger partial charge >= 0.3 is 5.97 Å². The molecular weight excluding hydrogens is 501 g/mol. The van der Waals surface area contributed by atoms with Gasteiger partial charge in [0.15, 0.2) is 23.2 Å². The fourth-order valence-electron chi connectivity index (χ4n) is 5.17. The molecule has 0 bridgehead atoms. The fourth-order valence-corrected chi connectivity index (χ4v) is 5.17. The number of esters is 1. The van der Waals surface area contributed by atoms with E-state index in [0.717, 1.165) is 57.4 Å². The van der Waals surface area contributed by atoms with Crippen LogP contribution in [0, 0.1) is 23.4 Å². The highest BCUT2D eigenvalue weighted by atomic mass is 19.2. The largest absolute Gasteiger partial charge is 0.491 e. The predicted octanol–water partition coefficient (Wildman–Crippen LogP) is 9.63. The molecule has 0 spiro atoms. The van der Waals surface area contributed by atoms with E-state index in [1.54, 1.807) is 24.3 Å². The minimum atomic E-state index is -0.866. The van der Waals surface area contributed by atoms with Gasteiger partial charge in [0, 0.05) is 5.56 Å². The molecule has 3 nitrogen and oxygen atoms in total. The topological polar surface area (TPSA) is 35.5 Å². The second-order valence-corrected chi connectivity index (χ2v) is 10.6. The molecule has 1 saturated carbocycles. The minimum absolute atomic E-state index is 0.0487. The van der Waals surface area contributed by atoms with Crippen LogP contribution in [0.2, 0.25) is 0 Å². The number of carbonyl (C=O) groups excluding carboxylic acids is 1. The first-order chi connectivity index (χ1) is 18.9. The second kappa shape index (κ2) is 13.7. The lowest BCUT2D eigenvalue weighted by molar-refractivity contribution is 0.0734. The van der Waals surface area contributed by atoms with Crippen molar-refractivity contribution < 1.29 is 27.4 Å². The van der Waals surface area contributed by atoms with Crippen LogP contribution in [0.1, 0.15) is 93.5 Å². The Morgan fingerprint density at radius 2 is 1.56 bits per heavy atom. The van der Waals surface area contributed by atoms with Crippen molar-refractivity contribution in [1.82, 2.24) is 0 Å². The summed E-state index contributed by atoms with van der Waals surface area (Å²) in [6, 6.07) is 13.4. The van der Waals surface area contributed by atoms with Crippen molar-refractivity contribution >= 4 is 5.97 Å². The predicted molar refractivity (Wildman–Crippen MR) is 148 cm³/mol. The number of unbranched alkanes of at least 4 members (excludes halogenated alkanes) is 4. The van der Waals surface area contributed by atoms with Crippen molar-refractivity contribution in [2.24, 2.45) is 5.92 Å². The summed E-state index contributed by atoms with van der Waals surface area (Å²) in [5.41, 5.74) is 1.12. The Kier molecular flexibility index (Phi) is 10.1. The summed E-state index contributed by atoms with van der Waals surface area (Å²) in [4.78, 5) is 12.6. The lowest BCUT2D eigenvalue weighted by Gasteiger charge is -2.27. The highest BCUT2D eigenvalue weighted by Gasteiger charge is 2.25. The summed E-state index contributed by atoms with van der Waals surface area (Å²) in [5.74, 6) is -2.01. The molecule has 0 radical (unpaired) electrons. The average molecular weight is 539 g/mol. The molecule has 0 atom stereocenters. The van der Waals surface area contributed by atoms with Gasteiger partial charge in [-0.25, -0.2) is 18.0 Å². The van der Waals surface area contributed by atoms with Gasteiger partial charge in [-0.15, -0.1) is 0 Å². The quantitative estimate of drug-likeness (QED) is 0.138. The smallest absolute Gasteiger partial charge is 0.343 e. The zero-order valence-electron chi connectivity index (χ0n) is 22.8. The number of carbonyl (C=O) groups is 1. The van der Waals surface area contributed by atoms with Crippen molar-refractivity contribution in [3.05, 3.63) is 83.2 Å². The third kappa shape index (κ3) is 7.43. The standard InChI is InChI=1S/C33H37F3O3/c1-3-4-5-6-7-20-38-30-19-14-25(21-29(30)34)33(37)39-26-15-12-24(13-16-26)28-18-17-27(31(35)32(28)36)23-10-8-22(2)9-11-23/h12-19,21-23H,3-11,20H2,1-2H3. The number of rotatable bonds is 11. The van der Waals surface area contributed by atoms with Gasteiger partial charge in [-0.05, 0) is 72.6 Å². The van der Waals surface area contributed by atoms with Crippen molar-refractivity contribution in [3.63, 3.8) is 0 Å². The van der Waals surface area contributed by atoms with E-state index in [1.807, 2.05) is 0 Å². The molecule has 1 aliphatic rings. The number of hydrogen-bond acceptors (Lipinski definition) is 3. The molecule has 0 saturated heterocycles. The molecule has 0 aliphatic heterocycles. The zero-order chi connectivity index (χ0) is 27.8. The summed E-state index contributed by atoms with van der Waals surface area (Å²) in [5, 5.41) is 0. The highest BCUT2D eigenvalue weighted by molar-refractivity contribution is 5.91. The monoisotopic (exact) mass is 538 g/mol. The van der Waals surface area contributed by atoms with Gasteiger partial charge in [-0.2, -0.15) is 0 Å². The fraction of sp³-hybridized carbons (Fsp3) is 0.424. The van der Waals surface area contributed by atoms with E-state index in [0.29, 0.717) is 23.7 Å². The van der Waals surface area contributed by atoms with Crippen LogP contribution in [0.4, 0.5) is 13.2 Å². The van der Waals surface area contributed by atoms with Crippen LogP contribution in [-0.2, 0) is 0 Å². The maximum Gasteiger partial charge on any atom is 0.343 e. The SMILES string of the molecule is CCCCCCCOc1ccc(C(=O)Oc2ccc(-c3ccc(C4CCC(C)CC4)c(F)c3F)cc2)cc1F. The van der Waals surface area contributed by atoms with Crippen molar-refractivity contribution in [2.45, 2.75) is 77.6 Å². The van der Waals surface area contributed by atoms with Crippen molar-refractivity contribution in [2.75, 3.05) is 6.61 Å². The maximum atomic E-state index is 15.0. The van der Waals surface area contributed by atoms with Gasteiger partial charge in [0.25, 0.3) is 0 Å². The molecule has 4 rings (SSSR count). The Bertz CT molecular complexity index is 1250. The maximum absolute atomic E-state index is 15.0. The van der Waals surface area contributed by atoms with Gasteiger partial charge < -0.3 is 9.47 Å². The molecule has 0 amide bonds. The van der Waals surface area contributed by atoms with E-state index in [1.165, 1.54) is 30.7 Å². The lowest BCUT2D eigenvalue weighted by Crippen LogP contribution is -2.13. The number of hydrogen-bond donors (Lipinski definition) is 0. The normalized spacial score (nSPS) is 17.2. The molecule has 0 unspecified atom stereocenters. The Labute approximate surface area is 229 Å². The third-order valence-corrected chi connectivity index (χ3v) is 7.62. The Morgan fingerprint density at radius 1 is 0.846 bits per heavy atom. The Hall–Kier alpha value is -3.28. The van der Waals surface area contributed by atoms with Gasteiger partial charge in [0.05, 0.1) is 12.2 Å². The second-order valence-electron chi connectivity index (χ2n) is 10.6. The van der Waals surface area contributed by atoms with Crippen molar-refractivity contribution in [3.8, 4) is 22.6 Å². The first-order valence-electron chi connectivity index (χ1n) is 14.1. The molecule has 3 aromatic carbocycles. The highest BCUT2D eigenvalue weighted by Crippen LogP contribution is 2.39. The van der Waals surface area contributed by atoms with Crippen LogP contribution in [0.3, 0.4) is 0 Å². The van der Waals surface area contributed by atoms with E-state index in [-0.39, 0.29) is 28.5 Å². The Morgan fingerprint density at radius 3 is 2.26 bits per heavy atom. The molecule has 39 heavy (non-hydrogen) atoms. The van der Waals surface area contributed by atoms with Crippen LogP contribution in [-0.4, -0.2) is 12.6 Å². The summed E-state index contributed by atoms with van der Waals surface area (Å²) in [6.07, 6.45) is 9.14. The number of ether oxygens (including phenoxy) is 2. The van der Waals surface area contributed by atoms with E-state index in [9.17, 15) is 13.6 Å². The lowest BCUT2D eigenvalue weighted by atomic mass is 9.79. The molecule has 0 aromatic heterocycles. The van der Waals surface area contributed by atoms with Crippen LogP contribution in [0.15, 0.2) is 54.6 Å². The first kappa shape index (κ1) is 28.7. The Balaban J connectivity index is 1.36. The minimum Gasteiger partial charge on any atom is -0.491 e. The average Bonchev–Trinajstić information content (AvgIpc) is 2.94. The van der Waals surface area contributed by atoms with E-state index in [2.05, 4.69) is 13.8 Å². The third-order valence-electron chi connectivity index (χ3n) is 7.62. The van der Waals surface area contributed by atoms with Crippen LogP contribution >= 0.6 is 0 Å². The molecule has 208 valence electrons. The van der Waals surface area contributed by atoms with Gasteiger partial charge in [-0.1, -0.05) is 76.6 Å². The molecule has 1 aliphatic carbocycles. The summed E-state index contributed by atoms with van der Waals surface area (Å²) in [6.45, 7) is 4.76. The molecular formula is C33H37F3O3. The summed E-state index contributed by atoms with van der Waals surface area (Å²) >= 11 is 0. The van der Waals surface area contributed by atoms with Crippen molar-refractivity contribution in [1.29, 1.82) is 0 Å².